The van der Waals surface area contributed by atoms with Gasteiger partial charge in [0.25, 0.3) is 5.91 Å². The van der Waals surface area contributed by atoms with E-state index in [1.807, 2.05) is 30.5 Å². The summed E-state index contributed by atoms with van der Waals surface area (Å²) in [5.41, 5.74) is 8.55. The molecule has 3 N–H and O–H groups in total. The molecule has 3 heterocycles. The summed E-state index contributed by atoms with van der Waals surface area (Å²) in [5, 5.41) is 1.18. The van der Waals surface area contributed by atoms with Gasteiger partial charge < -0.3 is 20.2 Å². The van der Waals surface area contributed by atoms with Crippen molar-refractivity contribution in [1.29, 1.82) is 0 Å². The van der Waals surface area contributed by atoms with E-state index in [0.29, 0.717) is 17.4 Å². The average Bonchev–Trinajstić information content (AvgIpc) is 3.17. The zero-order valence-electron chi connectivity index (χ0n) is 16.6. The van der Waals surface area contributed by atoms with E-state index in [1.54, 1.807) is 7.11 Å². The van der Waals surface area contributed by atoms with Crippen LogP contribution in [-0.4, -0.2) is 47.6 Å². The predicted molar refractivity (Wildman–Crippen MR) is 111 cm³/mol. The normalized spacial score (nSPS) is 15.5. The van der Waals surface area contributed by atoms with Gasteiger partial charge in [-0.15, -0.1) is 0 Å². The van der Waals surface area contributed by atoms with Crippen molar-refractivity contribution in [3.63, 3.8) is 0 Å². The Labute approximate surface area is 169 Å². The number of hydrogen-bond acceptors (Lipinski definition) is 5. The number of primary amides is 1. The van der Waals surface area contributed by atoms with Crippen LogP contribution in [-0.2, 0) is 11.3 Å². The summed E-state index contributed by atoms with van der Waals surface area (Å²) in [6.07, 6.45) is 4.05. The molecule has 0 unspecified atom stereocenters. The van der Waals surface area contributed by atoms with Crippen LogP contribution in [0.1, 0.15) is 30.0 Å². The number of amides is 1. The summed E-state index contributed by atoms with van der Waals surface area (Å²) in [7, 11) is 1.59. The smallest absolute Gasteiger partial charge is 0.255 e. The lowest BCUT2D eigenvalue weighted by Gasteiger charge is -2.31. The molecule has 4 rings (SSSR count). The fraction of sp³-hybridized carbons (Fsp3) is 0.364. The van der Waals surface area contributed by atoms with E-state index >= 15 is 0 Å². The number of likely N-dealkylation sites (tertiary alicyclic amines) is 1. The van der Waals surface area contributed by atoms with Crippen LogP contribution in [0, 0.1) is 0 Å². The van der Waals surface area contributed by atoms with E-state index in [1.165, 1.54) is 11.1 Å². The van der Waals surface area contributed by atoms with E-state index in [-0.39, 0.29) is 6.61 Å². The number of piperidine rings is 1. The second kappa shape index (κ2) is 8.53. The Hall–Kier alpha value is -3.06. The molecule has 0 atom stereocenters. The minimum atomic E-state index is -0.509. The molecule has 1 amide bonds. The van der Waals surface area contributed by atoms with Crippen molar-refractivity contribution in [2.24, 2.45) is 5.73 Å². The fourth-order valence-corrected chi connectivity index (χ4v) is 3.94. The van der Waals surface area contributed by atoms with Crippen LogP contribution in [0.25, 0.3) is 11.0 Å². The van der Waals surface area contributed by atoms with Gasteiger partial charge in [-0.2, -0.15) is 0 Å². The largest absolute Gasteiger partial charge is 0.493 e. The number of nitrogens with zero attached hydrogens (tertiary/aromatic N) is 2. The first-order valence-corrected chi connectivity index (χ1v) is 9.86. The molecule has 0 aliphatic carbocycles. The van der Waals surface area contributed by atoms with Crippen molar-refractivity contribution in [2.75, 3.05) is 26.8 Å². The summed E-state index contributed by atoms with van der Waals surface area (Å²) < 4.78 is 10.8. The molecule has 7 nitrogen and oxygen atoms in total. The Morgan fingerprint density at radius 2 is 2.07 bits per heavy atom. The van der Waals surface area contributed by atoms with Gasteiger partial charge in [0.05, 0.1) is 7.11 Å². The maximum atomic E-state index is 10.9. The molecule has 1 aliphatic rings. The van der Waals surface area contributed by atoms with Gasteiger partial charge in [-0.25, -0.2) is 4.98 Å². The van der Waals surface area contributed by atoms with Crippen LogP contribution in [0.2, 0.25) is 0 Å². The number of methoxy groups -OCH3 is 1. The molecule has 152 valence electrons. The highest BCUT2D eigenvalue weighted by molar-refractivity contribution is 5.76. The average molecular weight is 394 g/mol. The Balaban J connectivity index is 1.36. The Kier molecular flexibility index (Phi) is 5.67. The zero-order chi connectivity index (χ0) is 20.2. The van der Waals surface area contributed by atoms with Gasteiger partial charge in [0.2, 0.25) is 0 Å². The van der Waals surface area contributed by atoms with Crippen molar-refractivity contribution in [2.45, 2.75) is 25.3 Å². The van der Waals surface area contributed by atoms with Crippen LogP contribution in [0.3, 0.4) is 0 Å². The molecule has 29 heavy (non-hydrogen) atoms. The number of ether oxygens (including phenoxy) is 2. The van der Waals surface area contributed by atoms with Crippen LogP contribution < -0.4 is 15.2 Å². The second-order valence-electron chi connectivity index (χ2n) is 7.46. The first kappa shape index (κ1) is 19.3. The Bertz CT molecular complexity index is 960. The van der Waals surface area contributed by atoms with Gasteiger partial charge in [0.1, 0.15) is 5.65 Å². The van der Waals surface area contributed by atoms with Crippen molar-refractivity contribution in [3.8, 4) is 11.5 Å². The first-order valence-electron chi connectivity index (χ1n) is 9.86. The SMILES string of the molecule is COc1cc(CN2CCC(c3cc4cccnc4[nH]3)CC2)ccc1OCC(N)=O. The van der Waals surface area contributed by atoms with E-state index in [4.69, 9.17) is 15.2 Å². The maximum Gasteiger partial charge on any atom is 0.255 e. The van der Waals surface area contributed by atoms with E-state index in [0.717, 1.165) is 43.7 Å². The number of aromatic nitrogens is 2. The molecule has 0 saturated carbocycles. The molecule has 7 heteroatoms. The lowest BCUT2D eigenvalue weighted by molar-refractivity contribution is -0.119. The number of aromatic amines is 1. The summed E-state index contributed by atoms with van der Waals surface area (Å²) >= 11 is 0. The van der Waals surface area contributed by atoms with Crippen LogP contribution in [0.4, 0.5) is 0 Å². The highest BCUT2D eigenvalue weighted by atomic mass is 16.5. The third-order valence-corrected chi connectivity index (χ3v) is 5.44. The second-order valence-corrected chi connectivity index (χ2v) is 7.46. The Morgan fingerprint density at radius 3 is 2.79 bits per heavy atom. The topological polar surface area (TPSA) is 93.5 Å². The lowest BCUT2D eigenvalue weighted by atomic mass is 9.93. The fourth-order valence-electron chi connectivity index (χ4n) is 3.94. The third kappa shape index (κ3) is 4.51. The number of hydrogen-bond donors (Lipinski definition) is 2. The summed E-state index contributed by atoms with van der Waals surface area (Å²) in [5.74, 6) is 1.18. The van der Waals surface area contributed by atoms with Gasteiger partial charge >= 0.3 is 0 Å². The summed E-state index contributed by atoms with van der Waals surface area (Å²) in [4.78, 5) is 21.3. The molecule has 0 spiro atoms. The van der Waals surface area contributed by atoms with Gasteiger partial charge in [0, 0.05) is 29.7 Å². The molecule has 1 aromatic carbocycles. The van der Waals surface area contributed by atoms with E-state index < -0.39 is 5.91 Å². The number of nitrogens with one attached hydrogen (secondary N) is 1. The van der Waals surface area contributed by atoms with E-state index in [9.17, 15) is 4.79 Å². The maximum absolute atomic E-state index is 10.9. The van der Waals surface area contributed by atoms with E-state index in [2.05, 4.69) is 27.0 Å². The summed E-state index contributed by atoms with van der Waals surface area (Å²) in [6.45, 7) is 2.77. The highest BCUT2D eigenvalue weighted by Gasteiger charge is 2.22. The van der Waals surface area contributed by atoms with Gasteiger partial charge in [-0.1, -0.05) is 6.07 Å². The molecule has 2 aromatic heterocycles. The zero-order valence-corrected chi connectivity index (χ0v) is 16.6. The van der Waals surface area contributed by atoms with Crippen molar-refractivity contribution >= 4 is 16.9 Å². The highest BCUT2D eigenvalue weighted by Crippen LogP contribution is 2.32. The van der Waals surface area contributed by atoms with Crippen molar-refractivity contribution in [3.05, 3.63) is 53.9 Å². The number of fused-ring (bicyclic) bond motifs is 1. The first-order chi connectivity index (χ1) is 14.1. The van der Waals surface area contributed by atoms with Gasteiger partial charge in [-0.05, 0) is 61.8 Å². The van der Waals surface area contributed by atoms with Crippen molar-refractivity contribution < 1.29 is 14.3 Å². The molecule has 0 bridgehead atoms. The predicted octanol–water partition coefficient (Wildman–Crippen LogP) is 2.82. The van der Waals surface area contributed by atoms with Crippen LogP contribution in [0.15, 0.2) is 42.6 Å². The Morgan fingerprint density at radius 1 is 1.24 bits per heavy atom. The van der Waals surface area contributed by atoms with Crippen LogP contribution >= 0.6 is 0 Å². The number of nitrogens with two attached hydrogens (primary N) is 1. The lowest BCUT2D eigenvalue weighted by Crippen LogP contribution is -2.32. The monoisotopic (exact) mass is 394 g/mol. The molecule has 1 saturated heterocycles. The molecule has 1 aliphatic heterocycles. The minimum absolute atomic E-state index is 0.160. The third-order valence-electron chi connectivity index (χ3n) is 5.44. The number of carbonyl (C=O) groups is 1. The number of carbonyl (C=O) groups excluding carboxylic acids is 1. The number of pyridine rings is 1. The molecule has 0 radical (unpaired) electrons. The number of rotatable bonds is 7. The van der Waals surface area contributed by atoms with Gasteiger partial charge in [0.15, 0.2) is 18.1 Å². The summed E-state index contributed by atoms with van der Waals surface area (Å²) in [6, 6.07) is 12.1. The number of benzene rings is 1. The van der Waals surface area contributed by atoms with Crippen molar-refractivity contribution in [1.82, 2.24) is 14.9 Å². The number of H-pyrrole nitrogens is 1. The standard InChI is InChI=1S/C22H26N4O3/c1-28-20-11-15(4-5-19(20)29-14-21(23)27)13-26-9-6-16(7-10-26)18-12-17-3-2-8-24-22(17)25-18/h2-5,8,11-12,16H,6-7,9-10,13-14H2,1H3,(H2,23,27)(H,24,25). The molecular weight excluding hydrogens is 368 g/mol. The molecular formula is C22H26N4O3. The molecule has 3 aromatic rings. The van der Waals surface area contributed by atoms with Crippen LogP contribution in [0.5, 0.6) is 11.5 Å². The minimum Gasteiger partial charge on any atom is -0.493 e. The molecule has 1 fully saturated rings. The van der Waals surface area contributed by atoms with Gasteiger partial charge in [-0.3, -0.25) is 9.69 Å². The quantitative estimate of drug-likeness (QED) is 0.643.